The molecule has 6 nitrogen and oxygen atoms in total. The molecular formula is C30H38O6. The Bertz CT molecular complexity index is 1030. The zero-order valence-corrected chi connectivity index (χ0v) is 21.5. The maximum absolute atomic E-state index is 12.6. The van der Waals surface area contributed by atoms with Crippen LogP contribution in [0.5, 0.6) is 11.5 Å². The second-order valence-electron chi connectivity index (χ2n) is 10.4. The smallest absolute Gasteiger partial charge is 0.342 e. The van der Waals surface area contributed by atoms with Gasteiger partial charge in [-0.05, 0) is 57.1 Å². The van der Waals surface area contributed by atoms with Crippen molar-refractivity contribution in [1.29, 1.82) is 0 Å². The summed E-state index contributed by atoms with van der Waals surface area (Å²) in [6.45, 7) is 2.60. The van der Waals surface area contributed by atoms with Gasteiger partial charge in [0.05, 0.1) is 19.3 Å². The molecule has 1 spiro atoms. The summed E-state index contributed by atoms with van der Waals surface area (Å²) in [7, 11) is 1.58. The molecular weight excluding hydrogens is 456 g/mol. The fourth-order valence-corrected chi connectivity index (χ4v) is 5.82. The zero-order chi connectivity index (χ0) is 25.0. The van der Waals surface area contributed by atoms with Gasteiger partial charge in [-0.3, -0.25) is 0 Å². The third-order valence-corrected chi connectivity index (χ3v) is 7.68. The fourth-order valence-electron chi connectivity index (χ4n) is 5.82. The first-order chi connectivity index (χ1) is 17.5. The van der Waals surface area contributed by atoms with Gasteiger partial charge in [-0.1, -0.05) is 43.2 Å². The molecule has 0 N–H and O–H groups in total. The Morgan fingerprint density at radius 1 is 1.00 bits per heavy atom. The van der Waals surface area contributed by atoms with Crippen molar-refractivity contribution in [1.82, 2.24) is 0 Å². The van der Waals surface area contributed by atoms with Gasteiger partial charge in [0, 0.05) is 24.5 Å². The van der Waals surface area contributed by atoms with Crippen molar-refractivity contribution in [2.45, 2.75) is 102 Å². The molecule has 36 heavy (non-hydrogen) atoms. The molecule has 3 heterocycles. The van der Waals surface area contributed by atoms with Crippen LogP contribution in [0.25, 0.3) is 0 Å². The summed E-state index contributed by atoms with van der Waals surface area (Å²) in [5.74, 6) is 0.566. The van der Waals surface area contributed by atoms with E-state index in [-0.39, 0.29) is 17.9 Å². The molecule has 0 amide bonds. The topological polar surface area (TPSA) is 63.2 Å². The van der Waals surface area contributed by atoms with E-state index in [1.54, 1.807) is 13.2 Å². The standard InChI is InChI=1S/C30H38O6/c1-21-15-17-30(35-21)16-9-13-23(36-30)12-7-4-8-14-26-25-18-24(33-20-22-10-5-3-6-11-22)19-27(32-2)28(25)29(31)34-26/h3,5-6,10-11,18-19,21,23,26H,4,7-9,12-17,20H2,1-2H3. The minimum atomic E-state index is -0.316. The average molecular weight is 495 g/mol. The third-order valence-electron chi connectivity index (χ3n) is 7.68. The number of ether oxygens (including phenoxy) is 5. The van der Waals surface area contributed by atoms with E-state index in [0.717, 1.165) is 68.9 Å². The van der Waals surface area contributed by atoms with Crippen LogP contribution in [0.3, 0.4) is 0 Å². The van der Waals surface area contributed by atoms with Crippen LogP contribution in [0.4, 0.5) is 0 Å². The summed E-state index contributed by atoms with van der Waals surface area (Å²) in [6.07, 6.45) is 10.8. The molecule has 0 saturated carbocycles. The molecule has 3 aliphatic rings. The Hall–Kier alpha value is -2.57. The van der Waals surface area contributed by atoms with Crippen LogP contribution in [0.15, 0.2) is 42.5 Å². The minimum Gasteiger partial charge on any atom is -0.496 e. The van der Waals surface area contributed by atoms with Crippen molar-refractivity contribution >= 4 is 5.97 Å². The van der Waals surface area contributed by atoms with Crippen molar-refractivity contribution in [3.63, 3.8) is 0 Å². The monoisotopic (exact) mass is 494 g/mol. The first-order valence-corrected chi connectivity index (χ1v) is 13.5. The summed E-state index contributed by atoms with van der Waals surface area (Å²) >= 11 is 0. The Labute approximate surface area is 214 Å². The van der Waals surface area contributed by atoms with Crippen molar-refractivity contribution < 1.29 is 28.5 Å². The lowest BCUT2D eigenvalue weighted by Crippen LogP contribution is -2.40. The minimum absolute atomic E-state index is 0.260. The summed E-state index contributed by atoms with van der Waals surface area (Å²) in [6, 6.07) is 13.7. The number of unbranched alkanes of at least 4 members (excludes halogenated alkanes) is 2. The van der Waals surface area contributed by atoms with Gasteiger partial charge in [0.25, 0.3) is 0 Å². The highest BCUT2D eigenvalue weighted by molar-refractivity contribution is 5.97. The number of methoxy groups -OCH3 is 1. The number of cyclic esters (lactones) is 1. The van der Waals surface area contributed by atoms with Crippen LogP contribution < -0.4 is 9.47 Å². The van der Waals surface area contributed by atoms with Crippen molar-refractivity contribution in [3.05, 3.63) is 59.2 Å². The highest BCUT2D eigenvalue weighted by Gasteiger charge is 2.43. The zero-order valence-electron chi connectivity index (χ0n) is 21.5. The summed E-state index contributed by atoms with van der Waals surface area (Å²) in [5, 5.41) is 0. The second kappa shape index (κ2) is 11.2. The molecule has 2 saturated heterocycles. The van der Waals surface area contributed by atoms with Gasteiger partial charge in [-0.25, -0.2) is 4.79 Å². The van der Waals surface area contributed by atoms with Crippen LogP contribution in [0.1, 0.15) is 98.7 Å². The first kappa shape index (κ1) is 25.1. The maximum Gasteiger partial charge on any atom is 0.342 e. The lowest BCUT2D eigenvalue weighted by molar-refractivity contribution is -0.269. The molecule has 0 aromatic heterocycles. The van der Waals surface area contributed by atoms with E-state index < -0.39 is 0 Å². The average Bonchev–Trinajstić information content (AvgIpc) is 3.41. The van der Waals surface area contributed by atoms with E-state index in [1.165, 1.54) is 6.42 Å². The van der Waals surface area contributed by atoms with Crippen LogP contribution in [0.2, 0.25) is 0 Å². The molecule has 6 heteroatoms. The van der Waals surface area contributed by atoms with Crippen LogP contribution in [-0.4, -0.2) is 31.1 Å². The number of rotatable bonds is 10. The van der Waals surface area contributed by atoms with Gasteiger partial charge in [-0.2, -0.15) is 0 Å². The number of esters is 1. The highest BCUT2D eigenvalue weighted by atomic mass is 16.7. The van der Waals surface area contributed by atoms with Gasteiger partial charge < -0.3 is 23.7 Å². The molecule has 0 aliphatic carbocycles. The Morgan fingerprint density at radius 2 is 1.83 bits per heavy atom. The largest absolute Gasteiger partial charge is 0.496 e. The van der Waals surface area contributed by atoms with E-state index in [4.69, 9.17) is 23.7 Å². The molecule has 2 fully saturated rings. The molecule has 2 aromatic rings. The lowest BCUT2D eigenvalue weighted by Gasteiger charge is -2.38. The number of carbonyl (C=O) groups is 1. The SMILES string of the molecule is COc1cc(OCc2ccccc2)cc2c1C(=O)OC2CCCCCC1CCCC2(CCC(C)O2)O1. The molecule has 0 radical (unpaired) electrons. The highest BCUT2D eigenvalue weighted by Crippen LogP contribution is 2.43. The molecule has 194 valence electrons. The summed E-state index contributed by atoms with van der Waals surface area (Å²) in [4.78, 5) is 12.6. The van der Waals surface area contributed by atoms with Crippen molar-refractivity contribution in [3.8, 4) is 11.5 Å². The molecule has 2 aromatic carbocycles. The van der Waals surface area contributed by atoms with E-state index in [2.05, 4.69) is 6.92 Å². The van der Waals surface area contributed by atoms with Gasteiger partial charge in [0.15, 0.2) is 5.79 Å². The number of benzene rings is 2. The number of carbonyl (C=O) groups excluding carboxylic acids is 1. The van der Waals surface area contributed by atoms with Gasteiger partial charge in [-0.15, -0.1) is 0 Å². The Kier molecular flexibility index (Phi) is 7.82. The van der Waals surface area contributed by atoms with Crippen molar-refractivity contribution in [2.75, 3.05) is 7.11 Å². The predicted octanol–water partition coefficient (Wildman–Crippen LogP) is 6.90. The van der Waals surface area contributed by atoms with Gasteiger partial charge >= 0.3 is 5.97 Å². The number of fused-ring (bicyclic) bond motifs is 1. The van der Waals surface area contributed by atoms with Gasteiger partial charge in [0.2, 0.25) is 0 Å². The number of hydrogen-bond acceptors (Lipinski definition) is 6. The van der Waals surface area contributed by atoms with Crippen molar-refractivity contribution in [2.24, 2.45) is 0 Å². The van der Waals surface area contributed by atoms with Crippen LogP contribution in [0, 0.1) is 0 Å². The van der Waals surface area contributed by atoms with E-state index in [0.29, 0.717) is 35.9 Å². The van der Waals surface area contributed by atoms with Crippen LogP contribution >= 0.6 is 0 Å². The fraction of sp³-hybridized carbons (Fsp3) is 0.567. The predicted molar refractivity (Wildman–Crippen MR) is 136 cm³/mol. The Balaban J connectivity index is 1.13. The summed E-state index contributed by atoms with van der Waals surface area (Å²) < 4.78 is 29.9. The van der Waals surface area contributed by atoms with Gasteiger partial charge in [0.1, 0.15) is 29.8 Å². The third kappa shape index (κ3) is 5.70. The molecule has 5 rings (SSSR count). The quantitative estimate of drug-likeness (QED) is 0.264. The van der Waals surface area contributed by atoms with E-state index in [9.17, 15) is 4.79 Å². The van der Waals surface area contributed by atoms with E-state index in [1.807, 2.05) is 36.4 Å². The first-order valence-electron chi connectivity index (χ1n) is 13.5. The normalized spacial score (nSPS) is 27.2. The molecule has 4 unspecified atom stereocenters. The summed E-state index contributed by atoms with van der Waals surface area (Å²) in [5.41, 5.74) is 2.48. The Morgan fingerprint density at radius 3 is 2.61 bits per heavy atom. The maximum atomic E-state index is 12.6. The van der Waals surface area contributed by atoms with Crippen LogP contribution in [-0.2, 0) is 20.8 Å². The molecule has 0 bridgehead atoms. The molecule has 4 atom stereocenters. The second-order valence-corrected chi connectivity index (χ2v) is 10.4. The lowest BCUT2D eigenvalue weighted by atomic mass is 9.95. The number of hydrogen-bond donors (Lipinski definition) is 0. The molecule has 3 aliphatic heterocycles. The van der Waals surface area contributed by atoms with E-state index >= 15 is 0 Å².